The van der Waals surface area contributed by atoms with Gasteiger partial charge in [-0.15, -0.1) is 0 Å². The fourth-order valence-electron chi connectivity index (χ4n) is 6.12. The van der Waals surface area contributed by atoms with Crippen molar-refractivity contribution < 1.29 is 18.0 Å². The molecule has 194 valence electrons. The van der Waals surface area contributed by atoms with E-state index in [-0.39, 0.29) is 41.9 Å². The van der Waals surface area contributed by atoms with Gasteiger partial charge >= 0.3 is 6.03 Å². The van der Waals surface area contributed by atoms with E-state index in [2.05, 4.69) is 53.5 Å². The van der Waals surface area contributed by atoms with Crippen LogP contribution in [-0.2, 0) is 20.2 Å². The molecule has 2 saturated carbocycles. The van der Waals surface area contributed by atoms with E-state index in [1.807, 2.05) is 6.07 Å². The van der Waals surface area contributed by atoms with E-state index in [1.165, 1.54) is 12.0 Å². The molecule has 4 rings (SSSR count). The fraction of sp³-hybridized carbons (Fsp3) is 0.692. The normalized spacial score (nSPS) is 27.5. The number of hydrogen-bond acceptors (Lipinski definition) is 5. The number of rotatable bonds is 9. The Morgan fingerprint density at radius 1 is 1.11 bits per heavy atom. The molecule has 0 bridgehead atoms. The molecular weight excluding hydrogens is 464 g/mol. The molecule has 3 amide bonds. The Kier molecular flexibility index (Phi) is 7.48. The van der Waals surface area contributed by atoms with E-state index < -0.39 is 9.84 Å². The Labute approximate surface area is 209 Å². The second kappa shape index (κ2) is 10.1. The van der Waals surface area contributed by atoms with E-state index in [0.717, 1.165) is 51.3 Å². The molecule has 35 heavy (non-hydrogen) atoms. The van der Waals surface area contributed by atoms with Gasteiger partial charge in [0.15, 0.2) is 0 Å². The molecule has 1 spiro atoms. The van der Waals surface area contributed by atoms with Crippen LogP contribution in [0.1, 0.15) is 50.5 Å². The zero-order valence-electron chi connectivity index (χ0n) is 21.3. The summed E-state index contributed by atoms with van der Waals surface area (Å²) in [6.45, 7) is 1.36. The molecule has 2 aliphatic carbocycles. The summed E-state index contributed by atoms with van der Waals surface area (Å²) in [7, 11) is 1.14. The van der Waals surface area contributed by atoms with Crippen LogP contribution in [0.5, 0.6) is 0 Å². The van der Waals surface area contributed by atoms with Gasteiger partial charge < -0.3 is 15.1 Å². The molecule has 0 unspecified atom stereocenters. The SMILES string of the molecule is CN(C)[C@]1(c2ccccc2)CC[C@@]2(CC1)CN(CC(=O)NCCS(C)(=O)=O)C(=O)N2CC1CCC1. The molecule has 1 aromatic carbocycles. The minimum Gasteiger partial charge on any atom is -0.354 e. The van der Waals surface area contributed by atoms with Gasteiger partial charge in [0, 0.05) is 31.4 Å². The van der Waals surface area contributed by atoms with Crippen LogP contribution in [-0.4, -0.2) is 92.9 Å². The van der Waals surface area contributed by atoms with Gasteiger partial charge in [-0.2, -0.15) is 0 Å². The molecule has 1 N–H and O–H groups in total. The Bertz CT molecular complexity index is 1020. The predicted molar refractivity (Wildman–Crippen MR) is 137 cm³/mol. The summed E-state index contributed by atoms with van der Waals surface area (Å²) in [5, 5.41) is 2.67. The van der Waals surface area contributed by atoms with Gasteiger partial charge in [0.25, 0.3) is 0 Å². The highest BCUT2D eigenvalue weighted by Gasteiger charge is 2.55. The average Bonchev–Trinajstić information content (AvgIpc) is 3.01. The van der Waals surface area contributed by atoms with E-state index >= 15 is 0 Å². The number of nitrogens with zero attached hydrogens (tertiary/aromatic N) is 3. The van der Waals surface area contributed by atoms with Gasteiger partial charge in [-0.25, -0.2) is 13.2 Å². The third kappa shape index (κ3) is 5.50. The van der Waals surface area contributed by atoms with Crippen LogP contribution in [0.2, 0.25) is 0 Å². The number of carbonyl (C=O) groups excluding carboxylic acids is 2. The van der Waals surface area contributed by atoms with Gasteiger partial charge in [-0.05, 0) is 64.1 Å². The maximum Gasteiger partial charge on any atom is 0.321 e. The Hall–Kier alpha value is -2.13. The second-order valence-electron chi connectivity index (χ2n) is 11.0. The van der Waals surface area contributed by atoms with E-state index in [4.69, 9.17) is 0 Å². The summed E-state index contributed by atoms with van der Waals surface area (Å²) in [5.74, 6) is 0.149. The molecular formula is C26H40N4O4S. The first kappa shape index (κ1) is 25.9. The summed E-state index contributed by atoms with van der Waals surface area (Å²) in [5.41, 5.74) is 0.999. The van der Waals surface area contributed by atoms with Crippen molar-refractivity contribution in [3.8, 4) is 0 Å². The van der Waals surface area contributed by atoms with Crippen LogP contribution in [0.4, 0.5) is 4.79 Å². The van der Waals surface area contributed by atoms with Gasteiger partial charge in [-0.1, -0.05) is 36.8 Å². The molecule has 9 heteroatoms. The van der Waals surface area contributed by atoms with Crippen molar-refractivity contribution >= 4 is 21.8 Å². The van der Waals surface area contributed by atoms with Crippen molar-refractivity contribution in [3.63, 3.8) is 0 Å². The van der Waals surface area contributed by atoms with Gasteiger partial charge in [0.05, 0.1) is 11.3 Å². The Morgan fingerprint density at radius 2 is 1.77 bits per heavy atom. The van der Waals surface area contributed by atoms with Crippen LogP contribution in [0, 0.1) is 5.92 Å². The van der Waals surface area contributed by atoms with Crippen LogP contribution < -0.4 is 5.32 Å². The number of benzene rings is 1. The highest BCUT2D eigenvalue weighted by Crippen LogP contribution is 2.49. The van der Waals surface area contributed by atoms with Crippen molar-refractivity contribution in [2.45, 2.75) is 56.0 Å². The monoisotopic (exact) mass is 504 g/mol. The quantitative estimate of drug-likeness (QED) is 0.558. The summed E-state index contributed by atoms with van der Waals surface area (Å²) in [4.78, 5) is 32.2. The number of amides is 3. The summed E-state index contributed by atoms with van der Waals surface area (Å²) in [6.07, 6.45) is 8.39. The largest absolute Gasteiger partial charge is 0.354 e. The first-order valence-corrected chi connectivity index (χ1v) is 14.8. The smallest absolute Gasteiger partial charge is 0.321 e. The number of carbonyl (C=O) groups is 2. The summed E-state index contributed by atoms with van der Waals surface area (Å²) >= 11 is 0. The first-order valence-electron chi connectivity index (χ1n) is 12.8. The van der Waals surface area contributed by atoms with Crippen LogP contribution in [0.3, 0.4) is 0 Å². The maximum atomic E-state index is 13.6. The van der Waals surface area contributed by atoms with E-state index in [9.17, 15) is 18.0 Å². The lowest BCUT2D eigenvalue weighted by atomic mass is 9.68. The molecule has 3 aliphatic rings. The number of hydrogen-bond donors (Lipinski definition) is 1. The van der Waals surface area contributed by atoms with Gasteiger partial charge in [-0.3, -0.25) is 9.69 Å². The van der Waals surface area contributed by atoms with Crippen molar-refractivity contribution in [2.75, 3.05) is 52.3 Å². The summed E-state index contributed by atoms with van der Waals surface area (Å²) < 4.78 is 22.7. The molecule has 0 radical (unpaired) electrons. The highest BCUT2D eigenvalue weighted by atomic mass is 32.2. The maximum absolute atomic E-state index is 13.6. The zero-order chi connectivity index (χ0) is 25.3. The molecule has 8 nitrogen and oxygen atoms in total. The topological polar surface area (TPSA) is 90.0 Å². The van der Waals surface area contributed by atoms with Gasteiger partial charge in [0.2, 0.25) is 5.91 Å². The number of nitrogens with one attached hydrogen (secondary N) is 1. The second-order valence-corrected chi connectivity index (χ2v) is 13.3. The minimum atomic E-state index is -3.15. The van der Waals surface area contributed by atoms with Crippen molar-refractivity contribution in [1.82, 2.24) is 20.0 Å². The molecule has 0 atom stereocenters. The Morgan fingerprint density at radius 3 is 2.31 bits per heavy atom. The molecule has 1 heterocycles. The summed E-state index contributed by atoms with van der Waals surface area (Å²) in [6, 6.07) is 10.6. The molecule has 3 fully saturated rings. The van der Waals surface area contributed by atoms with Crippen molar-refractivity contribution in [1.29, 1.82) is 0 Å². The molecule has 1 aliphatic heterocycles. The van der Waals surface area contributed by atoms with Crippen LogP contribution in [0.25, 0.3) is 0 Å². The third-order valence-corrected chi connectivity index (χ3v) is 9.47. The van der Waals surface area contributed by atoms with Gasteiger partial charge in [0.1, 0.15) is 16.4 Å². The number of urea groups is 1. The molecule has 1 aromatic rings. The minimum absolute atomic E-state index is 0.0248. The molecule has 0 aromatic heterocycles. The lowest BCUT2D eigenvalue weighted by Crippen LogP contribution is -2.56. The fourth-order valence-corrected chi connectivity index (χ4v) is 6.59. The zero-order valence-corrected chi connectivity index (χ0v) is 22.1. The standard InChI is InChI=1S/C26H40N4O4S/c1-28(2)26(22-10-5-4-6-11-22)14-12-25(13-15-26)20-29(19-23(31)27-16-17-35(3,33)34)24(32)30(25)18-21-8-7-9-21/h4-6,10-11,21H,7-9,12-20H2,1-3H3,(H,27,31)/t25-,26-. The van der Waals surface area contributed by atoms with Crippen LogP contribution in [0.15, 0.2) is 30.3 Å². The van der Waals surface area contributed by atoms with Crippen molar-refractivity contribution in [3.05, 3.63) is 35.9 Å². The van der Waals surface area contributed by atoms with Crippen LogP contribution >= 0.6 is 0 Å². The van der Waals surface area contributed by atoms with Crippen molar-refractivity contribution in [2.24, 2.45) is 5.92 Å². The predicted octanol–water partition coefficient (Wildman–Crippen LogP) is 2.45. The lowest BCUT2D eigenvalue weighted by Gasteiger charge is -2.51. The highest BCUT2D eigenvalue weighted by molar-refractivity contribution is 7.90. The first-order chi connectivity index (χ1) is 16.5. The molecule has 1 saturated heterocycles. The number of sulfone groups is 1. The third-order valence-electron chi connectivity index (χ3n) is 8.53. The lowest BCUT2D eigenvalue weighted by molar-refractivity contribution is -0.121. The average molecular weight is 505 g/mol. The van der Waals surface area contributed by atoms with E-state index in [1.54, 1.807) is 4.90 Å². The Balaban J connectivity index is 1.49. The van der Waals surface area contributed by atoms with E-state index in [0.29, 0.717) is 12.5 Å².